The van der Waals surface area contributed by atoms with Crippen molar-refractivity contribution in [1.29, 1.82) is 0 Å². The first kappa shape index (κ1) is 19.3. The second-order valence-electron chi connectivity index (χ2n) is 7.24. The Balaban J connectivity index is 1.56. The summed E-state index contributed by atoms with van der Waals surface area (Å²) in [6.45, 7) is 0. The number of anilines is 2. The number of para-hydroxylation sites is 1. The van der Waals surface area contributed by atoms with E-state index in [1.165, 1.54) is 0 Å². The molecular weight excluding hydrogens is 452 g/mol. The Bertz CT molecular complexity index is 1250. The fourth-order valence-electron chi connectivity index (χ4n) is 3.67. The molecule has 2 heterocycles. The molecule has 1 amide bonds. The van der Waals surface area contributed by atoms with Gasteiger partial charge in [-0.1, -0.05) is 76.6 Å². The average molecular weight is 471 g/mol. The first-order valence-electron chi connectivity index (χ1n) is 9.93. The summed E-state index contributed by atoms with van der Waals surface area (Å²) in [6, 6.07) is 27.5. The third kappa shape index (κ3) is 3.90. The number of hydrogen-bond donors (Lipinski definition) is 2. The fourth-order valence-corrected chi connectivity index (χ4v) is 3.93. The zero-order valence-electron chi connectivity index (χ0n) is 16.5. The zero-order valence-corrected chi connectivity index (χ0v) is 18.1. The minimum absolute atomic E-state index is 0.130. The highest BCUT2D eigenvalue weighted by Crippen LogP contribution is 2.35. The lowest BCUT2D eigenvalue weighted by atomic mass is 10.0. The SMILES string of the molecule is O=C(Nc1ccccc1)c1cnn2c1NC(c1ccc(Br)cc1)=CC2c1ccccc1. The molecular formula is C25H19BrN4O. The molecule has 6 heteroatoms. The Labute approximate surface area is 188 Å². The highest BCUT2D eigenvalue weighted by atomic mass is 79.9. The van der Waals surface area contributed by atoms with Crippen LogP contribution in [0.4, 0.5) is 11.5 Å². The van der Waals surface area contributed by atoms with Crippen LogP contribution in [0.3, 0.4) is 0 Å². The Morgan fingerprint density at radius 3 is 2.32 bits per heavy atom. The van der Waals surface area contributed by atoms with Crippen molar-refractivity contribution in [3.05, 3.63) is 118 Å². The van der Waals surface area contributed by atoms with Gasteiger partial charge in [-0.05, 0) is 41.5 Å². The van der Waals surface area contributed by atoms with Gasteiger partial charge in [-0.2, -0.15) is 5.10 Å². The van der Waals surface area contributed by atoms with Crippen LogP contribution in [-0.4, -0.2) is 15.7 Å². The number of rotatable bonds is 4. The zero-order chi connectivity index (χ0) is 21.2. The molecule has 152 valence electrons. The molecule has 0 spiro atoms. The van der Waals surface area contributed by atoms with E-state index in [2.05, 4.69) is 49.9 Å². The smallest absolute Gasteiger partial charge is 0.261 e. The van der Waals surface area contributed by atoms with Crippen molar-refractivity contribution in [3.63, 3.8) is 0 Å². The summed E-state index contributed by atoms with van der Waals surface area (Å²) in [5.74, 6) is 0.464. The second-order valence-corrected chi connectivity index (χ2v) is 8.16. The van der Waals surface area contributed by atoms with E-state index in [-0.39, 0.29) is 11.9 Å². The van der Waals surface area contributed by atoms with E-state index in [9.17, 15) is 4.79 Å². The predicted octanol–water partition coefficient (Wildman–Crippen LogP) is 5.95. The molecule has 1 aliphatic heterocycles. The number of carbonyl (C=O) groups excluding carboxylic acids is 1. The lowest BCUT2D eigenvalue weighted by Gasteiger charge is -2.26. The molecule has 3 aromatic carbocycles. The van der Waals surface area contributed by atoms with E-state index in [1.54, 1.807) is 6.20 Å². The number of nitrogens with one attached hydrogen (secondary N) is 2. The standard InChI is InChI=1S/C25H19BrN4O/c26-19-13-11-17(12-14-19)22-15-23(18-7-3-1-4-8-18)30-24(29-22)21(16-27-30)25(31)28-20-9-5-2-6-10-20/h1-16,23,29H,(H,28,31). The topological polar surface area (TPSA) is 59.0 Å². The molecule has 31 heavy (non-hydrogen) atoms. The maximum Gasteiger partial charge on any atom is 0.261 e. The van der Waals surface area contributed by atoms with Crippen LogP contribution >= 0.6 is 15.9 Å². The van der Waals surface area contributed by atoms with Gasteiger partial charge in [0.2, 0.25) is 0 Å². The number of amides is 1. The Morgan fingerprint density at radius 2 is 1.61 bits per heavy atom. The molecule has 5 nitrogen and oxygen atoms in total. The van der Waals surface area contributed by atoms with E-state index in [1.807, 2.05) is 77.5 Å². The van der Waals surface area contributed by atoms with Crippen LogP contribution in [0.2, 0.25) is 0 Å². The fraction of sp³-hybridized carbons (Fsp3) is 0.0400. The van der Waals surface area contributed by atoms with Crippen LogP contribution in [0.1, 0.15) is 27.5 Å². The van der Waals surface area contributed by atoms with E-state index in [0.717, 1.165) is 27.0 Å². The average Bonchev–Trinajstić information content (AvgIpc) is 3.24. The van der Waals surface area contributed by atoms with Gasteiger partial charge in [0.1, 0.15) is 11.4 Å². The number of carbonyl (C=O) groups is 1. The monoisotopic (exact) mass is 470 g/mol. The molecule has 0 radical (unpaired) electrons. The molecule has 0 saturated heterocycles. The number of halogens is 1. The highest BCUT2D eigenvalue weighted by molar-refractivity contribution is 9.10. The molecule has 1 unspecified atom stereocenters. The first-order chi connectivity index (χ1) is 15.2. The van der Waals surface area contributed by atoms with Crippen LogP contribution in [0.15, 0.2) is 102 Å². The van der Waals surface area contributed by atoms with E-state index in [0.29, 0.717) is 11.4 Å². The summed E-state index contributed by atoms with van der Waals surface area (Å²) in [4.78, 5) is 13.0. The van der Waals surface area contributed by atoms with Gasteiger partial charge in [-0.15, -0.1) is 0 Å². The minimum Gasteiger partial charge on any atom is -0.339 e. The number of allylic oxidation sites excluding steroid dienone is 1. The quantitative estimate of drug-likeness (QED) is 0.387. The molecule has 2 N–H and O–H groups in total. The summed E-state index contributed by atoms with van der Waals surface area (Å²) in [7, 11) is 0. The number of nitrogens with zero attached hydrogens (tertiary/aromatic N) is 2. The number of fused-ring (bicyclic) bond motifs is 1. The Morgan fingerprint density at radius 1 is 0.935 bits per heavy atom. The predicted molar refractivity (Wildman–Crippen MR) is 127 cm³/mol. The van der Waals surface area contributed by atoms with Crippen LogP contribution in [-0.2, 0) is 0 Å². The van der Waals surface area contributed by atoms with Crippen molar-refractivity contribution in [2.45, 2.75) is 6.04 Å². The van der Waals surface area contributed by atoms with Gasteiger partial charge in [0.15, 0.2) is 0 Å². The van der Waals surface area contributed by atoms with E-state index in [4.69, 9.17) is 0 Å². The summed E-state index contributed by atoms with van der Waals surface area (Å²) >= 11 is 3.49. The summed E-state index contributed by atoms with van der Waals surface area (Å²) in [6.07, 6.45) is 3.76. The maximum absolute atomic E-state index is 13.0. The summed E-state index contributed by atoms with van der Waals surface area (Å²) in [5, 5.41) is 10.9. The molecule has 5 rings (SSSR count). The van der Waals surface area contributed by atoms with Crippen molar-refractivity contribution >= 4 is 39.0 Å². The van der Waals surface area contributed by atoms with Gasteiger partial charge in [-0.25, -0.2) is 4.68 Å². The molecule has 0 fully saturated rings. The number of benzene rings is 3. The number of aromatic nitrogens is 2. The molecule has 0 aliphatic carbocycles. The molecule has 4 aromatic rings. The third-order valence-electron chi connectivity index (χ3n) is 5.21. The van der Waals surface area contributed by atoms with Crippen LogP contribution < -0.4 is 10.6 Å². The van der Waals surface area contributed by atoms with E-state index >= 15 is 0 Å². The van der Waals surface area contributed by atoms with Crippen LogP contribution in [0.5, 0.6) is 0 Å². The van der Waals surface area contributed by atoms with Gasteiger partial charge in [0.25, 0.3) is 5.91 Å². The van der Waals surface area contributed by atoms with Gasteiger partial charge in [0.05, 0.1) is 12.2 Å². The molecule has 1 aromatic heterocycles. The number of hydrogen-bond acceptors (Lipinski definition) is 3. The van der Waals surface area contributed by atoms with Crippen molar-refractivity contribution in [1.82, 2.24) is 9.78 Å². The van der Waals surface area contributed by atoms with Gasteiger partial charge < -0.3 is 10.6 Å². The first-order valence-corrected chi connectivity index (χ1v) is 10.7. The summed E-state index contributed by atoms with van der Waals surface area (Å²) < 4.78 is 2.87. The van der Waals surface area contributed by atoms with Crippen molar-refractivity contribution in [2.75, 3.05) is 10.6 Å². The van der Waals surface area contributed by atoms with Crippen molar-refractivity contribution < 1.29 is 4.79 Å². The third-order valence-corrected chi connectivity index (χ3v) is 5.74. The van der Waals surface area contributed by atoms with Crippen molar-refractivity contribution in [2.24, 2.45) is 0 Å². The van der Waals surface area contributed by atoms with E-state index < -0.39 is 0 Å². The van der Waals surface area contributed by atoms with Crippen molar-refractivity contribution in [3.8, 4) is 0 Å². The maximum atomic E-state index is 13.0. The van der Waals surface area contributed by atoms with Crippen LogP contribution in [0, 0.1) is 0 Å². The summed E-state index contributed by atoms with van der Waals surface area (Å²) in [5.41, 5.74) is 4.30. The van der Waals surface area contributed by atoms with Crippen LogP contribution in [0.25, 0.3) is 5.70 Å². The second kappa shape index (κ2) is 8.24. The Hall–Kier alpha value is -3.64. The highest BCUT2D eigenvalue weighted by Gasteiger charge is 2.27. The molecule has 0 saturated carbocycles. The lowest BCUT2D eigenvalue weighted by molar-refractivity contribution is 0.102. The van der Waals surface area contributed by atoms with Gasteiger partial charge in [-0.3, -0.25) is 4.79 Å². The van der Waals surface area contributed by atoms with Gasteiger partial charge in [0, 0.05) is 15.9 Å². The minimum atomic E-state index is -0.205. The Kier molecular flexibility index (Phi) is 5.14. The molecule has 1 atom stereocenters. The largest absolute Gasteiger partial charge is 0.339 e. The lowest BCUT2D eigenvalue weighted by Crippen LogP contribution is -2.22. The molecule has 1 aliphatic rings. The molecule has 0 bridgehead atoms. The normalized spacial score (nSPS) is 14.9. The van der Waals surface area contributed by atoms with Gasteiger partial charge >= 0.3 is 0 Å².